The fourth-order valence-corrected chi connectivity index (χ4v) is 3.04. The normalized spacial score (nSPS) is 10.7. The highest BCUT2D eigenvalue weighted by Gasteiger charge is 2.12. The molecule has 0 aliphatic rings. The number of carbonyl (C=O) groups is 1. The van der Waals surface area contributed by atoms with E-state index in [0.29, 0.717) is 28.2 Å². The van der Waals surface area contributed by atoms with Gasteiger partial charge in [-0.25, -0.2) is 4.68 Å². The number of anilines is 1. The molecular formula is C21H17Cl2N5O2. The Morgan fingerprint density at radius 2 is 1.70 bits per heavy atom. The van der Waals surface area contributed by atoms with Crippen molar-refractivity contribution in [2.75, 3.05) is 5.32 Å². The predicted octanol–water partition coefficient (Wildman–Crippen LogP) is 4.72. The van der Waals surface area contributed by atoms with E-state index in [-0.39, 0.29) is 18.3 Å². The van der Waals surface area contributed by atoms with Gasteiger partial charge in [0.2, 0.25) is 0 Å². The van der Waals surface area contributed by atoms with Crippen LogP contribution >= 0.6 is 23.2 Å². The standard InChI is InChI=1S/C21H17Cl2N5O2/c22-16-7-5-15(6-8-16)13-27-12-10-20(26-27)24-21(29)18-9-11-28(25-18)14-30-19-4-2-1-3-17(19)23/h1-12H,13-14H2,(H,24,26,29). The van der Waals surface area contributed by atoms with Crippen LogP contribution in [0.2, 0.25) is 10.0 Å². The third kappa shape index (κ3) is 5.00. The first-order valence-electron chi connectivity index (χ1n) is 9.07. The van der Waals surface area contributed by atoms with Crippen LogP contribution in [0.15, 0.2) is 73.1 Å². The highest BCUT2D eigenvalue weighted by atomic mass is 35.5. The number of aromatic nitrogens is 4. The minimum absolute atomic E-state index is 0.132. The quantitative estimate of drug-likeness (QED) is 0.450. The predicted molar refractivity (Wildman–Crippen MR) is 115 cm³/mol. The van der Waals surface area contributed by atoms with Gasteiger partial charge < -0.3 is 10.1 Å². The number of nitrogens with one attached hydrogen (secondary N) is 1. The molecule has 0 atom stereocenters. The second kappa shape index (κ2) is 9.02. The molecule has 0 spiro atoms. The number of hydrogen-bond donors (Lipinski definition) is 1. The second-order valence-electron chi connectivity index (χ2n) is 6.42. The molecule has 0 bridgehead atoms. The molecule has 7 nitrogen and oxygen atoms in total. The Hall–Kier alpha value is -3.29. The number of rotatable bonds is 7. The molecule has 0 fully saturated rings. The summed E-state index contributed by atoms with van der Waals surface area (Å²) >= 11 is 12.0. The summed E-state index contributed by atoms with van der Waals surface area (Å²) in [5.74, 6) is 0.631. The highest BCUT2D eigenvalue weighted by molar-refractivity contribution is 6.32. The van der Waals surface area contributed by atoms with Crippen molar-refractivity contribution in [2.24, 2.45) is 0 Å². The van der Waals surface area contributed by atoms with Crippen LogP contribution in [0.25, 0.3) is 0 Å². The van der Waals surface area contributed by atoms with E-state index in [9.17, 15) is 4.79 Å². The Kier molecular flexibility index (Phi) is 6.02. The minimum Gasteiger partial charge on any atom is -0.470 e. The lowest BCUT2D eigenvalue weighted by Crippen LogP contribution is -2.15. The van der Waals surface area contributed by atoms with E-state index >= 15 is 0 Å². The second-order valence-corrected chi connectivity index (χ2v) is 7.27. The topological polar surface area (TPSA) is 74.0 Å². The van der Waals surface area contributed by atoms with Crippen molar-refractivity contribution in [3.63, 3.8) is 0 Å². The molecule has 2 heterocycles. The molecule has 0 aliphatic heterocycles. The Bertz CT molecular complexity index is 1150. The molecule has 0 unspecified atom stereocenters. The average molecular weight is 442 g/mol. The molecule has 1 amide bonds. The van der Waals surface area contributed by atoms with Crippen molar-refractivity contribution in [1.82, 2.24) is 19.6 Å². The molecule has 0 saturated carbocycles. The van der Waals surface area contributed by atoms with E-state index in [1.807, 2.05) is 36.4 Å². The molecule has 4 aromatic rings. The van der Waals surface area contributed by atoms with Crippen LogP contribution in [0, 0.1) is 0 Å². The summed E-state index contributed by atoms with van der Waals surface area (Å²) in [6.07, 6.45) is 3.45. The van der Waals surface area contributed by atoms with Crippen molar-refractivity contribution >= 4 is 34.9 Å². The van der Waals surface area contributed by atoms with Crippen molar-refractivity contribution in [1.29, 1.82) is 0 Å². The molecule has 30 heavy (non-hydrogen) atoms. The molecule has 152 valence electrons. The van der Waals surface area contributed by atoms with Gasteiger partial charge in [-0.2, -0.15) is 10.2 Å². The number of ether oxygens (including phenoxy) is 1. The summed E-state index contributed by atoms with van der Waals surface area (Å²) in [7, 11) is 0. The molecule has 4 rings (SSSR count). The Morgan fingerprint density at radius 3 is 2.50 bits per heavy atom. The zero-order valence-electron chi connectivity index (χ0n) is 15.7. The average Bonchev–Trinajstić information content (AvgIpc) is 3.39. The molecule has 2 aromatic carbocycles. The van der Waals surface area contributed by atoms with Gasteiger partial charge in [0, 0.05) is 23.5 Å². The van der Waals surface area contributed by atoms with Gasteiger partial charge in [-0.1, -0.05) is 47.5 Å². The Labute approximate surface area is 182 Å². The lowest BCUT2D eigenvalue weighted by Gasteiger charge is -2.07. The fraction of sp³-hybridized carbons (Fsp3) is 0.0952. The number of benzene rings is 2. The summed E-state index contributed by atoms with van der Waals surface area (Å²) in [6, 6.07) is 18.0. The van der Waals surface area contributed by atoms with E-state index < -0.39 is 0 Å². The lowest BCUT2D eigenvalue weighted by molar-refractivity contribution is 0.101. The van der Waals surface area contributed by atoms with Gasteiger partial charge >= 0.3 is 0 Å². The van der Waals surface area contributed by atoms with E-state index in [1.165, 1.54) is 4.68 Å². The van der Waals surface area contributed by atoms with Gasteiger partial charge in [0.15, 0.2) is 18.2 Å². The first-order valence-corrected chi connectivity index (χ1v) is 9.82. The number of carbonyl (C=O) groups excluding carboxylic acids is 1. The number of para-hydroxylation sites is 1. The zero-order chi connectivity index (χ0) is 20.9. The molecule has 9 heteroatoms. The van der Waals surface area contributed by atoms with Gasteiger partial charge in [-0.05, 0) is 35.9 Å². The Balaban J connectivity index is 1.34. The Morgan fingerprint density at radius 1 is 0.933 bits per heavy atom. The SMILES string of the molecule is O=C(Nc1ccn(Cc2ccc(Cl)cc2)n1)c1ccn(COc2ccccc2Cl)n1. The summed E-state index contributed by atoms with van der Waals surface area (Å²) in [5.41, 5.74) is 1.31. The number of nitrogens with zero attached hydrogens (tertiary/aromatic N) is 4. The zero-order valence-corrected chi connectivity index (χ0v) is 17.2. The van der Waals surface area contributed by atoms with E-state index in [2.05, 4.69) is 15.5 Å². The molecule has 0 radical (unpaired) electrons. The van der Waals surface area contributed by atoms with Crippen LogP contribution in [-0.4, -0.2) is 25.5 Å². The largest absolute Gasteiger partial charge is 0.470 e. The van der Waals surface area contributed by atoms with Crippen molar-refractivity contribution in [2.45, 2.75) is 13.3 Å². The summed E-state index contributed by atoms with van der Waals surface area (Å²) < 4.78 is 8.86. The van der Waals surface area contributed by atoms with Crippen LogP contribution in [0.3, 0.4) is 0 Å². The highest BCUT2D eigenvalue weighted by Crippen LogP contribution is 2.23. The molecular weight excluding hydrogens is 425 g/mol. The number of amides is 1. The van der Waals surface area contributed by atoms with E-state index in [1.54, 1.807) is 41.3 Å². The van der Waals surface area contributed by atoms with Crippen molar-refractivity contribution in [3.05, 3.63) is 94.4 Å². The molecule has 2 aromatic heterocycles. The third-order valence-corrected chi connectivity index (χ3v) is 4.77. The van der Waals surface area contributed by atoms with Crippen LogP contribution in [0.5, 0.6) is 5.75 Å². The van der Waals surface area contributed by atoms with Crippen LogP contribution in [0.1, 0.15) is 16.1 Å². The molecule has 0 aliphatic carbocycles. The van der Waals surface area contributed by atoms with Gasteiger partial charge in [-0.15, -0.1) is 0 Å². The molecule has 1 N–H and O–H groups in total. The van der Waals surface area contributed by atoms with Gasteiger partial charge in [0.05, 0.1) is 11.6 Å². The number of hydrogen-bond acceptors (Lipinski definition) is 4. The summed E-state index contributed by atoms with van der Waals surface area (Å²) in [5, 5.41) is 12.5. The van der Waals surface area contributed by atoms with Gasteiger partial charge in [0.25, 0.3) is 5.91 Å². The lowest BCUT2D eigenvalue weighted by atomic mass is 10.2. The maximum Gasteiger partial charge on any atom is 0.277 e. The van der Waals surface area contributed by atoms with Gasteiger partial charge in [0.1, 0.15) is 5.75 Å². The maximum atomic E-state index is 12.4. The first kappa shape index (κ1) is 20.0. The van der Waals surface area contributed by atoms with Crippen LogP contribution < -0.4 is 10.1 Å². The van der Waals surface area contributed by atoms with Crippen molar-refractivity contribution in [3.8, 4) is 5.75 Å². The van der Waals surface area contributed by atoms with Gasteiger partial charge in [-0.3, -0.25) is 9.48 Å². The third-order valence-electron chi connectivity index (χ3n) is 4.20. The van der Waals surface area contributed by atoms with Crippen LogP contribution in [0.4, 0.5) is 5.82 Å². The maximum absolute atomic E-state index is 12.4. The van der Waals surface area contributed by atoms with E-state index in [0.717, 1.165) is 5.56 Å². The molecule has 0 saturated heterocycles. The van der Waals surface area contributed by atoms with E-state index in [4.69, 9.17) is 27.9 Å². The minimum atomic E-state index is -0.358. The first-order chi connectivity index (χ1) is 14.6. The number of halogens is 2. The fourth-order valence-electron chi connectivity index (χ4n) is 2.73. The smallest absolute Gasteiger partial charge is 0.277 e. The summed E-state index contributed by atoms with van der Waals surface area (Å²) in [6.45, 7) is 0.702. The summed E-state index contributed by atoms with van der Waals surface area (Å²) in [4.78, 5) is 12.4. The monoisotopic (exact) mass is 441 g/mol. The van der Waals surface area contributed by atoms with Crippen molar-refractivity contribution < 1.29 is 9.53 Å². The van der Waals surface area contributed by atoms with Crippen LogP contribution in [-0.2, 0) is 13.3 Å².